The molecule has 1 saturated heterocycles. The highest BCUT2D eigenvalue weighted by molar-refractivity contribution is 9.10. The van der Waals surface area contributed by atoms with Crippen molar-refractivity contribution in [2.24, 2.45) is 5.92 Å². The predicted molar refractivity (Wildman–Crippen MR) is 99.8 cm³/mol. The lowest BCUT2D eigenvalue weighted by atomic mass is 9.75. The number of aromatic hydroxyl groups is 1. The van der Waals surface area contributed by atoms with Gasteiger partial charge in [0.15, 0.2) is 0 Å². The number of benzene rings is 1. The monoisotopic (exact) mass is 464 g/mol. The number of rotatable bonds is 3. The van der Waals surface area contributed by atoms with Gasteiger partial charge in [0, 0.05) is 42.3 Å². The van der Waals surface area contributed by atoms with E-state index in [4.69, 9.17) is 0 Å². The van der Waals surface area contributed by atoms with Gasteiger partial charge in [-0.2, -0.15) is 13.2 Å². The van der Waals surface area contributed by atoms with E-state index in [1.54, 1.807) is 6.07 Å². The number of alkyl halides is 3. The average molecular weight is 466 g/mol. The van der Waals surface area contributed by atoms with Crippen LogP contribution in [-0.4, -0.2) is 36.2 Å². The second kappa shape index (κ2) is 9.13. The molecule has 1 aromatic carbocycles. The fourth-order valence-electron chi connectivity index (χ4n) is 3.53. The zero-order valence-electron chi connectivity index (χ0n) is 13.5. The topological polar surface area (TPSA) is 35.5 Å². The molecule has 1 heterocycles. The summed E-state index contributed by atoms with van der Waals surface area (Å²) in [6.45, 7) is 3.22. The molecule has 0 radical (unpaired) electrons. The minimum atomic E-state index is -4.56. The number of hydrogen-bond acceptors (Lipinski definition) is 3. The molecule has 1 aliphatic carbocycles. The van der Waals surface area contributed by atoms with Crippen LogP contribution in [0.4, 0.5) is 13.2 Å². The first-order chi connectivity index (χ1) is 10.9. The molecule has 3 rings (SSSR count). The third kappa shape index (κ3) is 4.95. The maximum atomic E-state index is 13.2. The predicted octanol–water partition coefficient (Wildman–Crippen LogP) is 4.76. The van der Waals surface area contributed by atoms with Crippen molar-refractivity contribution in [1.29, 1.82) is 0 Å². The van der Waals surface area contributed by atoms with Crippen LogP contribution in [0.3, 0.4) is 0 Å². The molecule has 0 bridgehead atoms. The van der Waals surface area contributed by atoms with E-state index in [9.17, 15) is 18.3 Å². The lowest BCUT2D eigenvalue weighted by molar-refractivity contribution is -0.139. The van der Waals surface area contributed by atoms with Crippen LogP contribution in [0.1, 0.15) is 36.4 Å². The highest BCUT2D eigenvalue weighted by Crippen LogP contribution is 2.48. The van der Waals surface area contributed by atoms with Crippen LogP contribution in [0.2, 0.25) is 0 Å². The van der Waals surface area contributed by atoms with Gasteiger partial charge in [-0.3, -0.25) is 4.90 Å². The van der Waals surface area contributed by atoms with Gasteiger partial charge < -0.3 is 10.4 Å². The lowest BCUT2D eigenvalue weighted by Crippen LogP contribution is -2.47. The first kappa shape index (κ1) is 22.8. The molecule has 0 amide bonds. The van der Waals surface area contributed by atoms with Crippen molar-refractivity contribution < 1.29 is 18.3 Å². The maximum absolute atomic E-state index is 13.2. The number of piperazine rings is 1. The van der Waals surface area contributed by atoms with Crippen molar-refractivity contribution in [2.45, 2.75) is 31.5 Å². The smallest absolute Gasteiger partial charge is 0.420 e. The third-order valence-electron chi connectivity index (χ3n) is 4.87. The maximum Gasteiger partial charge on any atom is 0.420 e. The molecule has 25 heavy (non-hydrogen) atoms. The molecule has 0 unspecified atom stereocenters. The summed E-state index contributed by atoms with van der Waals surface area (Å²) in [5.41, 5.74) is -0.556. The standard InChI is InChI=1S/C16H20BrF3N2O.2ClH/c17-11-8-12(15(23)13(9-11)16(18,19)20)14(10-2-1-3-10)22-6-4-21-5-7-22;;/h8-10,14,21,23H,1-7H2;2*1H/t14-;;/m1../s1. The molecular weight excluding hydrogens is 444 g/mol. The minimum Gasteiger partial charge on any atom is -0.507 e. The van der Waals surface area contributed by atoms with Crippen molar-refractivity contribution in [3.63, 3.8) is 0 Å². The van der Waals surface area contributed by atoms with Gasteiger partial charge in [0.2, 0.25) is 0 Å². The van der Waals surface area contributed by atoms with E-state index in [0.717, 1.165) is 51.5 Å². The van der Waals surface area contributed by atoms with Gasteiger partial charge in [-0.05, 0) is 30.9 Å². The fourth-order valence-corrected chi connectivity index (χ4v) is 4.00. The first-order valence-corrected chi connectivity index (χ1v) is 8.71. The van der Waals surface area contributed by atoms with E-state index in [2.05, 4.69) is 26.1 Å². The Morgan fingerprint density at radius 3 is 2.24 bits per heavy atom. The number of hydrogen-bond donors (Lipinski definition) is 2. The van der Waals surface area contributed by atoms with Gasteiger partial charge in [0.05, 0.1) is 5.56 Å². The molecule has 1 aliphatic heterocycles. The summed E-state index contributed by atoms with van der Waals surface area (Å²) in [5, 5.41) is 13.6. The van der Waals surface area contributed by atoms with Crippen LogP contribution in [0.25, 0.3) is 0 Å². The summed E-state index contributed by atoms with van der Waals surface area (Å²) >= 11 is 3.18. The van der Waals surface area contributed by atoms with E-state index in [-0.39, 0.29) is 30.9 Å². The van der Waals surface area contributed by atoms with E-state index in [1.165, 1.54) is 0 Å². The number of halogens is 6. The highest BCUT2D eigenvalue weighted by atomic mass is 79.9. The SMILES string of the molecule is Cl.Cl.Oc1c([C@@H](C2CCC2)N2CCNCC2)cc(Br)cc1C(F)(F)F. The normalized spacial score (nSPS) is 20.2. The average Bonchev–Trinajstić information content (AvgIpc) is 2.45. The van der Waals surface area contributed by atoms with Gasteiger partial charge in [0.25, 0.3) is 0 Å². The third-order valence-corrected chi connectivity index (χ3v) is 5.33. The molecule has 1 saturated carbocycles. The van der Waals surface area contributed by atoms with Gasteiger partial charge in [-0.15, -0.1) is 24.8 Å². The first-order valence-electron chi connectivity index (χ1n) is 7.92. The van der Waals surface area contributed by atoms with Crippen LogP contribution in [0.5, 0.6) is 5.75 Å². The molecule has 9 heteroatoms. The molecular formula is C16H22BrCl2F3N2O. The fraction of sp³-hybridized carbons (Fsp3) is 0.625. The molecule has 1 aromatic rings. The van der Waals surface area contributed by atoms with E-state index >= 15 is 0 Å². The highest BCUT2D eigenvalue weighted by Gasteiger charge is 2.40. The Morgan fingerprint density at radius 1 is 1.16 bits per heavy atom. The van der Waals surface area contributed by atoms with Crippen molar-refractivity contribution in [3.8, 4) is 5.75 Å². The molecule has 3 nitrogen and oxygen atoms in total. The number of phenolic OH excluding ortho intramolecular Hbond substituents is 1. The molecule has 0 aromatic heterocycles. The van der Waals surface area contributed by atoms with E-state index < -0.39 is 17.5 Å². The molecule has 0 spiro atoms. The Bertz CT molecular complexity index is 579. The van der Waals surface area contributed by atoms with Crippen LogP contribution in [0.15, 0.2) is 16.6 Å². The second-order valence-corrected chi connectivity index (χ2v) is 7.23. The number of phenols is 1. The summed E-state index contributed by atoms with van der Waals surface area (Å²) in [7, 11) is 0. The van der Waals surface area contributed by atoms with Gasteiger partial charge in [-0.1, -0.05) is 22.4 Å². The molecule has 1 atom stereocenters. The Morgan fingerprint density at radius 2 is 1.76 bits per heavy atom. The summed E-state index contributed by atoms with van der Waals surface area (Å²) in [6, 6.07) is 2.45. The van der Waals surface area contributed by atoms with Gasteiger partial charge >= 0.3 is 6.18 Å². The molecule has 144 valence electrons. The summed E-state index contributed by atoms with van der Waals surface area (Å²) < 4.78 is 40.0. The minimum absolute atomic E-state index is 0. The molecule has 2 fully saturated rings. The molecule has 2 N–H and O–H groups in total. The van der Waals surface area contributed by atoms with Crippen LogP contribution >= 0.6 is 40.7 Å². The second-order valence-electron chi connectivity index (χ2n) is 6.31. The summed E-state index contributed by atoms with van der Waals surface area (Å²) in [6.07, 6.45) is -1.45. The van der Waals surface area contributed by atoms with Crippen molar-refractivity contribution in [3.05, 3.63) is 27.7 Å². The Balaban J connectivity index is 0.00000156. The van der Waals surface area contributed by atoms with Gasteiger partial charge in [0.1, 0.15) is 5.75 Å². The largest absolute Gasteiger partial charge is 0.507 e. The zero-order chi connectivity index (χ0) is 16.6. The van der Waals surface area contributed by atoms with Gasteiger partial charge in [-0.25, -0.2) is 0 Å². The Labute approximate surface area is 166 Å². The number of nitrogens with zero attached hydrogens (tertiary/aromatic N) is 1. The van der Waals surface area contributed by atoms with E-state index in [1.807, 2.05) is 0 Å². The summed E-state index contributed by atoms with van der Waals surface area (Å²) in [5.74, 6) is -0.300. The molecule has 2 aliphatic rings. The van der Waals surface area contributed by atoms with Crippen LogP contribution < -0.4 is 5.32 Å². The zero-order valence-corrected chi connectivity index (χ0v) is 16.7. The summed E-state index contributed by atoms with van der Waals surface area (Å²) in [4.78, 5) is 2.21. The Kier molecular flexibility index (Phi) is 8.34. The van der Waals surface area contributed by atoms with E-state index in [0.29, 0.717) is 16.0 Å². The van der Waals surface area contributed by atoms with Crippen LogP contribution in [-0.2, 0) is 6.18 Å². The van der Waals surface area contributed by atoms with Crippen molar-refractivity contribution >= 4 is 40.7 Å². The van der Waals surface area contributed by atoms with Crippen LogP contribution in [0, 0.1) is 5.92 Å². The quantitative estimate of drug-likeness (QED) is 0.675. The van der Waals surface area contributed by atoms with Crippen molar-refractivity contribution in [1.82, 2.24) is 10.2 Å². The Hall–Kier alpha value is -0.210. The number of nitrogens with one attached hydrogen (secondary N) is 1. The van der Waals surface area contributed by atoms with Crippen molar-refractivity contribution in [2.75, 3.05) is 26.2 Å². The lowest BCUT2D eigenvalue weighted by Gasteiger charge is -2.43.